The SMILES string of the molecule is CCNc1ccnc2sc(C)c(N)c12. The molecule has 4 heteroatoms. The number of fused-ring (bicyclic) bond motifs is 1. The third kappa shape index (κ3) is 1.32. The average molecular weight is 207 g/mol. The Morgan fingerprint density at radius 2 is 2.36 bits per heavy atom. The van der Waals surface area contributed by atoms with Crippen molar-refractivity contribution in [3.63, 3.8) is 0 Å². The second-order valence-corrected chi connectivity index (χ2v) is 4.34. The quantitative estimate of drug-likeness (QED) is 0.796. The number of aromatic nitrogens is 1. The maximum Gasteiger partial charge on any atom is 0.127 e. The Bertz CT molecular complexity index is 462. The van der Waals surface area contributed by atoms with Crippen LogP contribution < -0.4 is 11.1 Å². The molecule has 0 aromatic carbocycles. The lowest BCUT2D eigenvalue weighted by Crippen LogP contribution is -1.98. The number of nitrogens with zero attached hydrogens (tertiary/aromatic N) is 1. The van der Waals surface area contributed by atoms with E-state index in [0.29, 0.717) is 0 Å². The lowest BCUT2D eigenvalue weighted by atomic mass is 10.2. The number of nitrogens with one attached hydrogen (secondary N) is 1. The van der Waals surface area contributed by atoms with E-state index in [0.717, 1.165) is 33.0 Å². The largest absolute Gasteiger partial charge is 0.397 e. The molecule has 2 aromatic heterocycles. The molecule has 0 radical (unpaired) electrons. The van der Waals surface area contributed by atoms with Crippen LogP contribution in [0, 0.1) is 6.92 Å². The fraction of sp³-hybridized carbons (Fsp3) is 0.300. The van der Waals surface area contributed by atoms with Crippen molar-refractivity contribution in [2.24, 2.45) is 0 Å². The first-order valence-electron chi connectivity index (χ1n) is 4.61. The van der Waals surface area contributed by atoms with E-state index >= 15 is 0 Å². The minimum Gasteiger partial charge on any atom is -0.397 e. The van der Waals surface area contributed by atoms with Gasteiger partial charge in [-0.3, -0.25) is 0 Å². The van der Waals surface area contributed by atoms with Gasteiger partial charge in [0.2, 0.25) is 0 Å². The van der Waals surface area contributed by atoms with E-state index in [1.807, 2.05) is 19.2 Å². The first-order chi connectivity index (χ1) is 6.74. The standard InChI is InChI=1S/C10H13N3S/c1-3-12-7-4-5-13-10-8(7)9(11)6(2)14-10/h4-5H,3,11H2,1-2H3,(H,12,13). The van der Waals surface area contributed by atoms with Gasteiger partial charge in [-0.25, -0.2) is 4.98 Å². The molecule has 0 unspecified atom stereocenters. The fourth-order valence-electron chi connectivity index (χ4n) is 1.49. The maximum absolute atomic E-state index is 6.00. The Balaban J connectivity index is 2.71. The molecule has 3 N–H and O–H groups in total. The number of hydrogen-bond donors (Lipinski definition) is 2. The number of nitrogens with two attached hydrogens (primary N) is 1. The molecule has 0 fully saturated rings. The van der Waals surface area contributed by atoms with Gasteiger partial charge in [0.05, 0.1) is 11.1 Å². The highest BCUT2D eigenvalue weighted by Gasteiger charge is 2.10. The number of nitrogen functional groups attached to an aromatic ring is 1. The van der Waals surface area contributed by atoms with Crippen LogP contribution in [0.5, 0.6) is 0 Å². The minimum absolute atomic E-state index is 0.856. The predicted octanol–water partition coefficient (Wildman–Crippen LogP) is 2.62. The van der Waals surface area contributed by atoms with Crippen molar-refractivity contribution in [3.05, 3.63) is 17.1 Å². The van der Waals surface area contributed by atoms with Gasteiger partial charge in [-0.05, 0) is 19.9 Å². The molecule has 2 aromatic rings. The summed E-state index contributed by atoms with van der Waals surface area (Å²) in [6.07, 6.45) is 1.82. The highest BCUT2D eigenvalue weighted by molar-refractivity contribution is 7.19. The third-order valence-corrected chi connectivity index (χ3v) is 3.21. The van der Waals surface area contributed by atoms with E-state index < -0.39 is 0 Å². The van der Waals surface area contributed by atoms with Gasteiger partial charge in [0.1, 0.15) is 4.83 Å². The van der Waals surface area contributed by atoms with Crippen LogP contribution in [0.15, 0.2) is 12.3 Å². The molecular weight excluding hydrogens is 194 g/mol. The summed E-state index contributed by atoms with van der Waals surface area (Å²) < 4.78 is 0. The van der Waals surface area contributed by atoms with Crippen LogP contribution in [0.4, 0.5) is 11.4 Å². The van der Waals surface area contributed by atoms with E-state index in [9.17, 15) is 0 Å². The van der Waals surface area contributed by atoms with Crippen molar-refractivity contribution in [2.75, 3.05) is 17.6 Å². The summed E-state index contributed by atoms with van der Waals surface area (Å²) in [7, 11) is 0. The van der Waals surface area contributed by atoms with E-state index in [-0.39, 0.29) is 0 Å². The first kappa shape index (κ1) is 9.27. The van der Waals surface area contributed by atoms with Crippen molar-refractivity contribution in [2.45, 2.75) is 13.8 Å². The fourth-order valence-corrected chi connectivity index (χ4v) is 2.43. The van der Waals surface area contributed by atoms with Gasteiger partial charge in [-0.2, -0.15) is 0 Å². The van der Waals surface area contributed by atoms with Crippen LogP contribution in [0.25, 0.3) is 10.2 Å². The highest BCUT2D eigenvalue weighted by atomic mass is 32.1. The Hall–Kier alpha value is -1.29. The summed E-state index contributed by atoms with van der Waals surface area (Å²) in [4.78, 5) is 6.45. The van der Waals surface area contributed by atoms with Crippen LogP contribution in [0.1, 0.15) is 11.8 Å². The molecule has 0 aliphatic rings. The molecule has 14 heavy (non-hydrogen) atoms. The second-order valence-electron chi connectivity index (χ2n) is 3.14. The Morgan fingerprint density at radius 3 is 3.07 bits per heavy atom. The number of aryl methyl sites for hydroxylation is 1. The van der Waals surface area contributed by atoms with E-state index in [2.05, 4.69) is 17.2 Å². The van der Waals surface area contributed by atoms with E-state index in [4.69, 9.17) is 5.73 Å². The molecular formula is C10H13N3S. The van der Waals surface area contributed by atoms with Crippen molar-refractivity contribution in [3.8, 4) is 0 Å². The Labute approximate surface area is 87.0 Å². The topological polar surface area (TPSA) is 50.9 Å². The molecule has 0 saturated carbocycles. The van der Waals surface area contributed by atoms with E-state index in [1.54, 1.807) is 11.3 Å². The summed E-state index contributed by atoms with van der Waals surface area (Å²) in [5.74, 6) is 0. The number of pyridine rings is 1. The second kappa shape index (κ2) is 3.46. The van der Waals surface area contributed by atoms with Crippen molar-refractivity contribution < 1.29 is 0 Å². The van der Waals surface area contributed by atoms with Gasteiger partial charge in [0.15, 0.2) is 0 Å². The normalized spacial score (nSPS) is 10.7. The molecule has 3 nitrogen and oxygen atoms in total. The lowest BCUT2D eigenvalue weighted by Gasteiger charge is -2.04. The summed E-state index contributed by atoms with van der Waals surface area (Å²) in [6.45, 7) is 4.99. The summed E-state index contributed by atoms with van der Waals surface area (Å²) >= 11 is 1.64. The van der Waals surface area contributed by atoms with Gasteiger partial charge in [-0.1, -0.05) is 0 Å². The van der Waals surface area contributed by atoms with Gasteiger partial charge in [0, 0.05) is 23.3 Å². The maximum atomic E-state index is 6.00. The highest BCUT2D eigenvalue weighted by Crippen LogP contribution is 2.36. The van der Waals surface area contributed by atoms with E-state index in [1.165, 1.54) is 0 Å². The predicted molar refractivity (Wildman–Crippen MR) is 62.9 cm³/mol. The number of hydrogen-bond acceptors (Lipinski definition) is 4. The molecule has 74 valence electrons. The molecule has 2 rings (SSSR count). The van der Waals surface area contributed by atoms with Crippen LogP contribution >= 0.6 is 11.3 Å². The summed E-state index contributed by atoms with van der Waals surface area (Å²) in [5, 5.41) is 4.36. The summed E-state index contributed by atoms with van der Waals surface area (Å²) in [6, 6.07) is 1.97. The average Bonchev–Trinajstić information content (AvgIpc) is 2.45. The zero-order valence-corrected chi connectivity index (χ0v) is 9.11. The zero-order valence-electron chi connectivity index (χ0n) is 8.29. The molecule has 2 heterocycles. The first-order valence-corrected chi connectivity index (χ1v) is 5.43. The Kier molecular flexibility index (Phi) is 2.29. The Morgan fingerprint density at radius 1 is 1.57 bits per heavy atom. The van der Waals surface area contributed by atoms with Crippen LogP contribution in [0.2, 0.25) is 0 Å². The van der Waals surface area contributed by atoms with Crippen molar-refractivity contribution in [1.29, 1.82) is 0 Å². The van der Waals surface area contributed by atoms with Crippen LogP contribution in [-0.4, -0.2) is 11.5 Å². The molecule has 0 saturated heterocycles. The smallest absolute Gasteiger partial charge is 0.127 e. The lowest BCUT2D eigenvalue weighted by molar-refractivity contribution is 1.22. The van der Waals surface area contributed by atoms with Crippen molar-refractivity contribution in [1.82, 2.24) is 4.98 Å². The molecule has 0 atom stereocenters. The van der Waals surface area contributed by atoms with Gasteiger partial charge in [0.25, 0.3) is 0 Å². The van der Waals surface area contributed by atoms with Crippen LogP contribution in [0.3, 0.4) is 0 Å². The number of rotatable bonds is 2. The third-order valence-electron chi connectivity index (χ3n) is 2.18. The molecule has 0 bridgehead atoms. The van der Waals surface area contributed by atoms with Crippen LogP contribution in [-0.2, 0) is 0 Å². The van der Waals surface area contributed by atoms with Gasteiger partial charge >= 0.3 is 0 Å². The zero-order chi connectivity index (χ0) is 10.1. The van der Waals surface area contributed by atoms with Gasteiger partial charge in [-0.15, -0.1) is 11.3 Å². The number of anilines is 2. The molecule has 0 aliphatic carbocycles. The monoisotopic (exact) mass is 207 g/mol. The molecule has 0 aliphatic heterocycles. The molecule has 0 amide bonds. The molecule has 0 spiro atoms. The van der Waals surface area contributed by atoms with Crippen molar-refractivity contribution >= 4 is 32.9 Å². The van der Waals surface area contributed by atoms with Gasteiger partial charge < -0.3 is 11.1 Å². The summed E-state index contributed by atoms with van der Waals surface area (Å²) in [5.41, 5.74) is 7.94. The number of thiophene rings is 1. The minimum atomic E-state index is 0.856.